The van der Waals surface area contributed by atoms with E-state index in [4.69, 9.17) is 0 Å². The third-order valence-corrected chi connectivity index (χ3v) is 6.20. The van der Waals surface area contributed by atoms with Crippen LogP contribution >= 0.6 is 11.8 Å². The van der Waals surface area contributed by atoms with E-state index >= 15 is 0 Å². The molecule has 2 aromatic heterocycles. The summed E-state index contributed by atoms with van der Waals surface area (Å²) in [5.41, 5.74) is 2.49. The Bertz CT molecular complexity index is 1350. The molecule has 2 aromatic carbocycles. The SMILES string of the molecule is CCCn1c(=O)c2ccccc2n2c(SCC(=O)Nc3ccccc3C(C)(C)C)nnc12. The minimum Gasteiger partial charge on any atom is -0.325 e. The molecule has 166 valence electrons. The summed E-state index contributed by atoms with van der Waals surface area (Å²) in [6.45, 7) is 8.94. The fourth-order valence-electron chi connectivity index (χ4n) is 3.81. The Kier molecular flexibility index (Phi) is 6.06. The van der Waals surface area contributed by atoms with Gasteiger partial charge >= 0.3 is 0 Å². The highest BCUT2D eigenvalue weighted by atomic mass is 32.2. The van der Waals surface area contributed by atoms with Crippen LogP contribution in [0, 0.1) is 0 Å². The lowest BCUT2D eigenvalue weighted by molar-refractivity contribution is -0.113. The van der Waals surface area contributed by atoms with E-state index in [-0.39, 0.29) is 22.6 Å². The smallest absolute Gasteiger partial charge is 0.262 e. The van der Waals surface area contributed by atoms with Crippen LogP contribution < -0.4 is 10.9 Å². The van der Waals surface area contributed by atoms with E-state index in [1.54, 1.807) is 4.57 Å². The molecule has 0 fully saturated rings. The Morgan fingerprint density at radius 2 is 1.78 bits per heavy atom. The van der Waals surface area contributed by atoms with Gasteiger partial charge < -0.3 is 5.32 Å². The molecule has 0 aliphatic heterocycles. The Morgan fingerprint density at radius 3 is 2.53 bits per heavy atom. The normalized spacial score (nSPS) is 11.9. The highest BCUT2D eigenvalue weighted by molar-refractivity contribution is 7.99. The number of hydrogen-bond donors (Lipinski definition) is 1. The molecule has 7 nitrogen and oxygen atoms in total. The van der Waals surface area contributed by atoms with Gasteiger partial charge in [0.05, 0.1) is 16.7 Å². The van der Waals surface area contributed by atoms with E-state index in [0.717, 1.165) is 23.2 Å². The fourth-order valence-corrected chi connectivity index (χ4v) is 4.55. The average Bonchev–Trinajstić information content (AvgIpc) is 3.19. The second-order valence-corrected chi connectivity index (χ2v) is 9.67. The molecule has 2 heterocycles. The number of amides is 1. The average molecular weight is 450 g/mol. The molecule has 0 spiro atoms. The number of aryl methyl sites for hydroxylation is 1. The number of nitrogens with one attached hydrogen (secondary N) is 1. The Morgan fingerprint density at radius 1 is 1.06 bits per heavy atom. The van der Waals surface area contributed by atoms with E-state index < -0.39 is 0 Å². The number of fused-ring (bicyclic) bond motifs is 3. The van der Waals surface area contributed by atoms with Gasteiger partial charge in [0.2, 0.25) is 11.7 Å². The number of benzene rings is 2. The molecule has 8 heteroatoms. The first kappa shape index (κ1) is 22.1. The van der Waals surface area contributed by atoms with Crippen LogP contribution in [0.15, 0.2) is 58.5 Å². The number of para-hydroxylation sites is 2. The van der Waals surface area contributed by atoms with Crippen molar-refractivity contribution in [3.8, 4) is 0 Å². The Labute approximate surface area is 190 Å². The quantitative estimate of drug-likeness (QED) is 0.439. The minimum absolute atomic E-state index is 0.0737. The van der Waals surface area contributed by atoms with E-state index in [1.165, 1.54) is 11.8 Å². The van der Waals surface area contributed by atoms with Crippen molar-refractivity contribution in [1.82, 2.24) is 19.2 Å². The molecule has 0 aliphatic carbocycles. The summed E-state index contributed by atoms with van der Waals surface area (Å²) in [4.78, 5) is 25.7. The van der Waals surface area contributed by atoms with E-state index in [1.807, 2.05) is 59.9 Å². The monoisotopic (exact) mass is 449 g/mol. The van der Waals surface area contributed by atoms with Crippen molar-refractivity contribution in [2.24, 2.45) is 0 Å². The van der Waals surface area contributed by atoms with E-state index in [9.17, 15) is 9.59 Å². The maximum absolute atomic E-state index is 12.9. The van der Waals surface area contributed by atoms with Gasteiger partial charge in [-0.2, -0.15) is 0 Å². The second-order valence-electron chi connectivity index (χ2n) is 8.72. The molecule has 0 aliphatic rings. The first-order valence-electron chi connectivity index (χ1n) is 10.7. The fraction of sp³-hybridized carbons (Fsp3) is 0.333. The molecule has 0 bridgehead atoms. The Balaban J connectivity index is 1.64. The molecule has 1 N–H and O–H groups in total. The molecule has 32 heavy (non-hydrogen) atoms. The van der Waals surface area contributed by atoms with Crippen LogP contribution in [0.4, 0.5) is 5.69 Å². The third kappa shape index (κ3) is 4.14. The van der Waals surface area contributed by atoms with Crippen molar-refractivity contribution < 1.29 is 4.79 Å². The molecule has 4 rings (SSSR count). The number of nitrogens with zero attached hydrogens (tertiary/aromatic N) is 4. The van der Waals surface area contributed by atoms with Crippen LogP contribution in [0.2, 0.25) is 0 Å². The van der Waals surface area contributed by atoms with Crippen LogP contribution in [0.5, 0.6) is 0 Å². The molecule has 0 atom stereocenters. The maximum Gasteiger partial charge on any atom is 0.262 e. The zero-order valence-corrected chi connectivity index (χ0v) is 19.6. The highest BCUT2D eigenvalue weighted by Gasteiger charge is 2.20. The minimum atomic E-state index is -0.116. The van der Waals surface area contributed by atoms with Crippen LogP contribution in [0.3, 0.4) is 0 Å². The lowest BCUT2D eigenvalue weighted by Gasteiger charge is -2.22. The van der Waals surface area contributed by atoms with Crippen molar-refractivity contribution in [3.63, 3.8) is 0 Å². The molecular weight excluding hydrogens is 422 g/mol. The molecule has 1 amide bonds. The van der Waals surface area contributed by atoms with E-state index in [0.29, 0.717) is 22.9 Å². The number of hydrogen-bond acceptors (Lipinski definition) is 5. The van der Waals surface area contributed by atoms with Crippen LogP contribution in [-0.4, -0.2) is 30.8 Å². The number of carbonyl (C=O) groups excluding carboxylic acids is 1. The van der Waals surface area contributed by atoms with Crippen molar-refractivity contribution in [1.29, 1.82) is 0 Å². The number of anilines is 1. The summed E-state index contributed by atoms with van der Waals surface area (Å²) >= 11 is 1.31. The maximum atomic E-state index is 12.9. The number of rotatable bonds is 6. The summed E-state index contributed by atoms with van der Waals surface area (Å²) in [6.07, 6.45) is 0.804. The van der Waals surface area contributed by atoms with Gasteiger partial charge in [0.1, 0.15) is 0 Å². The molecular formula is C24H27N5O2S. The van der Waals surface area contributed by atoms with E-state index in [2.05, 4.69) is 36.3 Å². The molecule has 0 saturated carbocycles. The third-order valence-electron chi connectivity index (χ3n) is 5.27. The predicted molar refractivity (Wildman–Crippen MR) is 130 cm³/mol. The molecule has 0 saturated heterocycles. The zero-order valence-electron chi connectivity index (χ0n) is 18.8. The van der Waals surface area contributed by atoms with Crippen molar-refractivity contribution in [2.45, 2.75) is 51.2 Å². The second kappa shape index (κ2) is 8.78. The van der Waals surface area contributed by atoms with Gasteiger partial charge in [-0.05, 0) is 35.6 Å². The summed E-state index contributed by atoms with van der Waals surface area (Å²) in [7, 11) is 0. The predicted octanol–water partition coefficient (Wildman–Crippen LogP) is 4.48. The van der Waals surface area contributed by atoms with Crippen molar-refractivity contribution in [3.05, 3.63) is 64.4 Å². The van der Waals surface area contributed by atoms with Gasteiger partial charge in [0, 0.05) is 12.2 Å². The summed E-state index contributed by atoms with van der Waals surface area (Å²) in [5.74, 6) is 0.562. The van der Waals surface area contributed by atoms with Crippen molar-refractivity contribution >= 4 is 40.0 Å². The molecule has 4 aromatic rings. The zero-order chi connectivity index (χ0) is 22.9. The van der Waals surface area contributed by atoms with Gasteiger partial charge in [0.15, 0.2) is 5.16 Å². The summed E-state index contributed by atoms with van der Waals surface area (Å²) in [6, 6.07) is 15.3. The number of carbonyl (C=O) groups is 1. The van der Waals surface area contributed by atoms with Gasteiger partial charge in [-0.25, -0.2) is 0 Å². The van der Waals surface area contributed by atoms with Crippen LogP contribution in [-0.2, 0) is 16.8 Å². The lowest BCUT2D eigenvalue weighted by atomic mass is 9.86. The highest BCUT2D eigenvalue weighted by Crippen LogP contribution is 2.29. The van der Waals surface area contributed by atoms with Gasteiger partial charge in [0.25, 0.3) is 5.56 Å². The first-order chi connectivity index (χ1) is 15.3. The first-order valence-corrected chi connectivity index (χ1v) is 11.7. The largest absolute Gasteiger partial charge is 0.325 e. The number of thioether (sulfide) groups is 1. The lowest BCUT2D eigenvalue weighted by Crippen LogP contribution is -2.23. The Hall–Kier alpha value is -3.13. The standard InChI is InChI=1S/C24H27N5O2S/c1-5-14-28-21(31)16-10-6-9-13-19(16)29-22(28)26-27-23(29)32-15-20(30)25-18-12-8-7-11-17(18)24(2,3)4/h6-13H,5,14-15H2,1-4H3,(H,25,30). The van der Waals surface area contributed by atoms with Crippen molar-refractivity contribution in [2.75, 3.05) is 11.1 Å². The van der Waals surface area contributed by atoms with Gasteiger partial charge in [-0.3, -0.25) is 18.6 Å². The molecule has 0 unspecified atom stereocenters. The number of aromatic nitrogens is 4. The van der Waals surface area contributed by atoms with Gasteiger partial charge in [-0.15, -0.1) is 10.2 Å². The summed E-state index contributed by atoms with van der Waals surface area (Å²) < 4.78 is 3.52. The van der Waals surface area contributed by atoms with Gasteiger partial charge in [-0.1, -0.05) is 69.8 Å². The van der Waals surface area contributed by atoms with Crippen LogP contribution in [0.1, 0.15) is 39.7 Å². The topological polar surface area (TPSA) is 81.3 Å². The summed E-state index contributed by atoms with van der Waals surface area (Å²) in [5, 5.41) is 12.8. The van der Waals surface area contributed by atoms with Crippen LogP contribution in [0.25, 0.3) is 16.7 Å². The molecule has 0 radical (unpaired) electrons.